The molecule has 0 aliphatic rings. The lowest BCUT2D eigenvalue weighted by Gasteiger charge is -2.05. The van der Waals surface area contributed by atoms with Crippen molar-refractivity contribution >= 4 is 11.9 Å². The van der Waals surface area contributed by atoms with E-state index in [2.05, 4.69) is 5.32 Å². The van der Waals surface area contributed by atoms with Gasteiger partial charge in [0, 0.05) is 6.42 Å². The molecule has 0 aliphatic carbocycles. The summed E-state index contributed by atoms with van der Waals surface area (Å²) in [5.74, 6) is -1.41. The second kappa shape index (κ2) is 42.1. The van der Waals surface area contributed by atoms with Crippen LogP contribution in [-0.4, -0.2) is 35.2 Å². The largest absolute Gasteiger partial charge is 0.481 e. The van der Waals surface area contributed by atoms with E-state index in [9.17, 15) is 9.59 Å². The van der Waals surface area contributed by atoms with Crippen LogP contribution in [0.4, 0.5) is 0 Å². The summed E-state index contributed by atoms with van der Waals surface area (Å²) >= 11 is 0. The highest BCUT2D eigenvalue weighted by atomic mass is 16.4. The van der Waals surface area contributed by atoms with E-state index in [0.717, 1.165) is 25.8 Å². The van der Waals surface area contributed by atoms with Crippen molar-refractivity contribution in [1.29, 1.82) is 0 Å². The highest BCUT2D eigenvalue weighted by Gasteiger charge is 1.99. The molecule has 0 bridgehead atoms. The molecule has 0 atom stereocenters. The molecule has 0 aliphatic heterocycles. The molecule has 0 amide bonds. The third-order valence-corrected chi connectivity index (χ3v) is 10.3. The first-order chi connectivity index (χ1) is 23.6. The van der Waals surface area contributed by atoms with Crippen molar-refractivity contribution < 1.29 is 19.8 Å². The Balaban J connectivity index is 3.05. The predicted molar refractivity (Wildman–Crippen MR) is 208 cm³/mol. The van der Waals surface area contributed by atoms with E-state index in [0.29, 0.717) is 6.42 Å². The fourth-order valence-corrected chi connectivity index (χ4v) is 7.09. The van der Waals surface area contributed by atoms with Gasteiger partial charge in [0.2, 0.25) is 0 Å². The summed E-state index contributed by atoms with van der Waals surface area (Å²) in [6, 6.07) is 0. The van der Waals surface area contributed by atoms with Crippen LogP contribution in [0.25, 0.3) is 0 Å². The van der Waals surface area contributed by atoms with Crippen LogP contribution in [0, 0.1) is 0 Å². The fraction of sp³-hybridized carbons (Fsp3) is 0.953. The van der Waals surface area contributed by atoms with Gasteiger partial charge in [-0.3, -0.25) is 9.59 Å². The molecule has 0 saturated carbocycles. The smallest absolute Gasteiger partial charge is 0.317 e. The average Bonchev–Trinajstić information content (AvgIpc) is 3.06. The van der Waals surface area contributed by atoms with Gasteiger partial charge in [-0.15, -0.1) is 0 Å². The first kappa shape index (κ1) is 46.9. The number of carboxylic acids is 2. The van der Waals surface area contributed by atoms with Gasteiger partial charge in [-0.05, 0) is 19.4 Å². The molecular weight excluding hydrogens is 594 g/mol. The first-order valence-electron chi connectivity index (χ1n) is 21.8. The van der Waals surface area contributed by atoms with Crippen molar-refractivity contribution in [2.24, 2.45) is 0 Å². The molecule has 0 aromatic carbocycles. The van der Waals surface area contributed by atoms with Gasteiger partial charge < -0.3 is 15.5 Å². The Morgan fingerprint density at radius 1 is 0.271 bits per heavy atom. The molecule has 0 aromatic heterocycles. The van der Waals surface area contributed by atoms with E-state index < -0.39 is 11.9 Å². The van der Waals surface area contributed by atoms with E-state index >= 15 is 0 Å². The molecule has 0 rings (SSSR count). The molecule has 5 nitrogen and oxygen atoms in total. The summed E-state index contributed by atoms with van der Waals surface area (Å²) in [6.45, 7) is 0.926. The third kappa shape index (κ3) is 44.9. The van der Waals surface area contributed by atoms with Gasteiger partial charge in [0.1, 0.15) is 0 Å². The highest BCUT2D eigenvalue weighted by molar-refractivity contribution is 5.68. The average molecular weight is 680 g/mol. The number of nitrogens with one attached hydrogen (secondary N) is 1. The van der Waals surface area contributed by atoms with Gasteiger partial charge in [-0.2, -0.15) is 0 Å². The highest BCUT2D eigenvalue weighted by Crippen LogP contribution is 2.17. The van der Waals surface area contributed by atoms with Crippen LogP contribution < -0.4 is 5.32 Å². The molecule has 0 heterocycles. The molecule has 3 N–H and O–H groups in total. The van der Waals surface area contributed by atoms with Crippen LogP contribution >= 0.6 is 0 Å². The Hall–Kier alpha value is -1.10. The summed E-state index contributed by atoms with van der Waals surface area (Å²) in [6.07, 6.45) is 52.7. The Morgan fingerprint density at radius 3 is 0.646 bits per heavy atom. The van der Waals surface area contributed by atoms with E-state index in [1.165, 1.54) is 225 Å². The fourth-order valence-electron chi connectivity index (χ4n) is 7.09. The van der Waals surface area contributed by atoms with Crippen molar-refractivity contribution in [1.82, 2.24) is 5.32 Å². The number of hydrogen-bond donors (Lipinski definition) is 3. The summed E-state index contributed by atoms with van der Waals surface area (Å²) in [5.41, 5.74) is 0. The molecule has 0 spiro atoms. The zero-order valence-corrected chi connectivity index (χ0v) is 32.2. The predicted octanol–water partition coefficient (Wildman–Crippen LogP) is 14.0. The van der Waals surface area contributed by atoms with Crippen LogP contribution in [-0.2, 0) is 9.59 Å². The lowest BCUT2D eigenvalue weighted by atomic mass is 10.0. The third-order valence-electron chi connectivity index (χ3n) is 10.3. The molecule has 48 heavy (non-hydrogen) atoms. The lowest BCUT2D eigenvalue weighted by Crippen LogP contribution is -2.23. The summed E-state index contributed by atoms with van der Waals surface area (Å²) in [5, 5.41) is 20.2. The second-order valence-electron chi connectivity index (χ2n) is 15.1. The molecule has 286 valence electrons. The van der Waals surface area contributed by atoms with Crippen LogP contribution in [0.1, 0.15) is 250 Å². The first-order valence-corrected chi connectivity index (χ1v) is 21.8. The standard InChI is InChI=1S/C43H85NO4/c45-42(46)39-37-35-33-31-29-27-25-23-21-19-17-15-13-11-9-7-5-3-1-2-4-6-8-10-12-14-16-18-20-22-24-26-28-30-32-34-36-38-40-44-41-43(47)48/h44H,1-41H2,(H,45,46)(H,47,48). The van der Waals surface area contributed by atoms with Crippen molar-refractivity contribution in [2.45, 2.75) is 250 Å². The molecule has 0 saturated heterocycles. The zero-order valence-electron chi connectivity index (χ0n) is 32.2. The number of carbonyl (C=O) groups is 2. The Bertz CT molecular complexity index is 586. The molecular formula is C43H85NO4. The normalized spacial score (nSPS) is 11.4. The minimum absolute atomic E-state index is 0.0920. The van der Waals surface area contributed by atoms with Crippen molar-refractivity contribution in [3.05, 3.63) is 0 Å². The molecule has 0 unspecified atom stereocenters. The van der Waals surface area contributed by atoms with Gasteiger partial charge in [0.05, 0.1) is 6.54 Å². The Morgan fingerprint density at radius 2 is 0.458 bits per heavy atom. The van der Waals surface area contributed by atoms with Crippen LogP contribution in [0.2, 0.25) is 0 Å². The molecule has 0 radical (unpaired) electrons. The minimum Gasteiger partial charge on any atom is -0.481 e. The van der Waals surface area contributed by atoms with Gasteiger partial charge in [-0.1, -0.05) is 231 Å². The number of rotatable bonds is 43. The minimum atomic E-state index is -0.762. The summed E-state index contributed by atoms with van der Waals surface area (Å²) in [4.78, 5) is 20.9. The summed E-state index contributed by atoms with van der Waals surface area (Å²) in [7, 11) is 0. The van der Waals surface area contributed by atoms with Crippen molar-refractivity contribution in [3.63, 3.8) is 0 Å². The number of hydrogen-bond acceptors (Lipinski definition) is 3. The van der Waals surface area contributed by atoms with Gasteiger partial charge >= 0.3 is 11.9 Å². The van der Waals surface area contributed by atoms with Crippen molar-refractivity contribution in [3.8, 4) is 0 Å². The summed E-state index contributed by atoms with van der Waals surface area (Å²) < 4.78 is 0. The molecule has 0 fully saturated rings. The number of unbranched alkanes of at least 4 members (excludes halogenated alkanes) is 37. The lowest BCUT2D eigenvalue weighted by molar-refractivity contribution is -0.137. The van der Waals surface area contributed by atoms with Gasteiger partial charge in [0.25, 0.3) is 0 Å². The number of carboxylic acid groups (broad SMARTS) is 2. The Labute approximate surface area is 300 Å². The molecule has 0 aromatic rings. The van der Waals surface area contributed by atoms with E-state index in [4.69, 9.17) is 10.2 Å². The van der Waals surface area contributed by atoms with E-state index in [1.54, 1.807) is 0 Å². The second-order valence-corrected chi connectivity index (χ2v) is 15.1. The van der Waals surface area contributed by atoms with E-state index in [-0.39, 0.29) is 6.54 Å². The van der Waals surface area contributed by atoms with Crippen molar-refractivity contribution in [2.75, 3.05) is 13.1 Å². The van der Waals surface area contributed by atoms with Crippen LogP contribution in [0.15, 0.2) is 0 Å². The quantitative estimate of drug-likeness (QED) is 0.0558. The number of aliphatic carboxylic acids is 2. The maximum absolute atomic E-state index is 10.5. The zero-order chi connectivity index (χ0) is 34.9. The maximum Gasteiger partial charge on any atom is 0.317 e. The maximum atomic E-state index is 10.5. The monoisotopic (exact) mass is 680 g/mol. The van der Waals surface area contributed by atoms with Gasteiger partial charge in [0.15, 0.2) is 0 Å². The topological polar surface area (TPSA) is 86.6 Å². The van der Waals surface area contributed by atoms with Crippen LogP contribution in [0.5, 0.6) is 0 Å². The van der Waals surface area contributed by atoms with Gasteiger partial charge in [-0.25, -0.2) is 0 Å². The van der Waals surface area contributed by atoms with E-state index in [1.807, 2.05) is 0 Å². The SMILES string of the molecule is O=C(O)CCCCCCCCCCCCCCCCCCCCCCCCCCCCCCCCCCCCCCCCNCC(=O)O. The Kier molecular flexibility index (Phi) is 41.1. The molecule has 5 heteroatoms. The van der Waals surface area contributed by atoms with Crippen LogP contribution in [0.3, 0.4) is 0 Å².